The lowest BCUT2D eigenvalue weighted by Gasteiger charge is -2.54. The number of carbonyl (C=O) groups is 3. The zero-order chi connectivity index (χ0) is 63.6. The highest BCUT2D eigenvalue weighted by molar-refractivity contribution is 5.78. The van der Waals surface area contributed by atoms with Gasteiger partial charge in [-0.1, -0.05) is 151 Å². The summed E-state index contributed by atoms with van der Waals surface area (Å²) in [5, 5.41) is 30.0. The molecule has 8 nitrogen and oxygen atoms in total. The monoisotopic (exact) mass is 1190 g/mol. The Morgan fingerprint density at radius 3 is 1.59 bits per heavy atom. The minimum absolute atomic E-state index is 0.0157. The number of aliphatic hydroxyl groups is 1. The molecule has 0 radical (unpaired) electrons. The van der Waals surface area contributed by atoms with Crippen molar-refractivity contribution >= 4 is 17.9 Å². The number of esters is 2. The summed E-state index contributed by atoms with van der Waals surface area (Å²) in [6, 6.07) is 21.7. The molecule has 0 saturated heterocycles. The van der Waals surface area contributed by atoms with Crippen LogP contribution >= 0.6 is 0 Å². The Balaban J connectivity index is 0.000000140. The highest BCUT2D eigenvalue weighted by atomic mass is 16.5. The van der Waals surface area contributed by atoms with Crippen LogP contribution in [0.2, 0.25) is 0 Å². The topological polar surface area (TPSA) is 130 Å². The number of aliphatic carboxylic acids is 1. The minimum atomic E-state index is -0.653. The van der Waals surface area contributed by atoms with Crippen LogP contribution in [0, 0.1) is 46.8 Å². The van der Waals surface area contributed by atoms with Crippen molar-refractivity contribution in [3.05, 3.63) is 127 Å². The predicted molar refractivity (Wildman–Crippen MR) is 353 cm³/mol. The van der Waals surface area contributed by atoms with Gasteiger partial charge in [-0.25, -0.2) is 0 Å². The van der Waals surface area contributed by atoms with Crippen LogP contribution < -0.4 is 4.74 Å². The second kappa shape index (κ2) is 25.0. The van der Waals surface area contributed by atoms with Crippen LogP contribution in [0.1, 0.15) is 291 Å². The lowest BCUT2D eigenvalue weighted by molar-refractivity contribution is -0.161. The highest BCUT2D eigenvalue weighted by Gasteiger charge is 2.58. The summed E-state index contributed by atoms with van der Waals surface area (Å²) < 4.78 is 10.8. The fourth-order valence-electron chi connectivity index (χ4n) is 21.0. The zero-order valence-corrected chi connectivity index (χ0v) is 56.9. The van der Waals surface area contributed by atoms with Crippen molar-refractivity contribution in [1.82, 2.24) is 0 Å². The van der Waals surface area contributed by atoms with E-state index in [2.05, 4.69) is 145 Å². The standard InChI is InChI=1S/2C22H32O2.C20H28O3.C15H20O/c1-14(2)20-16-8-11-19-21(4,5)12-7-13-22(19,6)17(16)9-10-18(20)24-15(3)23;1-14(2)19-15(3)8-10-17-16(19)9-11-18-21(17,4)12-7-13-22(18,5)20(23)24-6;1-12(2)17-13-6-9-16-19(3,14(13)7-8-15(17)21)10-5-11-20(16,4)18(22)23;1-15-9-8-13(16)10-12(15)7-6-11-4-2-3-5-14(11)15/h9-10,14,19H,7-8,11-13H2,1-6H3;8,10,14,18H,7,9,11-13H2,1-6H3;7-8,12,16,21H,5-6,9-11H2,1-4H3,(H,22,23);2-5,12-13,16H,6-10H2,1H3/t19?,22-;18?,21-,22+;;12-,13-,15+/m00.0/s1. The first-order valence-electron chi connectivity index (χ1n) is 34.2. The molecule has 8 aliphatic carbocycles. The molecule has 12 rings (SSSR count). The Labute approximate surface area is 525 Å². The second-order valence-corrected chi connectivity index (χ2v) is 31.9. The molecule has 4 fully saturated rings. The third-order valence-electron chi connectivity index (χ3n) is 25.2. The van der Waals surface area contributed by atoms with Gasteiger partial charge >= 0.3 is 17.9 Å². The number of aliphatic hydroxyl groups excluding tert-OH is 1. The molecule has 0 aliphatic heterocycles. The normalized spacial score (nSPS) is 32.4. The van der Waals surface area contributed by atoms with Crippen LogP contribution in [0.3, 0.4) is 0 Å². The number of carboxylic acid groups (broad SMARTS) is 1. The number of benzene rings is 4. The summed E-state index contributed by atoms with van der Waals surface area (Å²) in [6.45, 7) is 35.5. The number of rotatable bonds is 6. The number of carboxylic acids is 1. The summed E-state index contributed by atoms with van der Waals surface area (Å²) in [5.41, 5.74) is 17.0. The number of aromatic hydroxyl groups is 1. The predicted octanol–water partition coefficient (Wildman–Crippen LogP) is 18.7. The summed E-state index contributed by atoms with van der Waals surface area (Å²) in [4.78, 5) is 36.1. The Bertz CT molecular complexity index is 3200. The fraction of sp³-hybridized carbons (Fsp3) is 0.658. The molecular weight excluding hydrogens is 1080 g/mol. The average Bonchev–Trinajstić information content (AvgIpc) is 0.790. The van der Waals surface area contributed by atoms with Gasteiger partial charge in [0.25, 0.3) is 0 Å². The number of carbonyl (C=O) groups excluding carboxylic acids is 2. The van der Waals surface area contributed by atoms with Crippen LogP contribution in [-0.4, -0.2) is 46.4 Å². The van der Waals surface area contributed by atoms with E-state index in [4.69, 9.17) is 9.47 Å². The number of fused-ring (bicyclic) bond motifs is 12. The van der Waals surface area contributed by atoms with E-state index in [0.29, 0.717) is 40.3 Å². The third-order valence-corrected chi connectivity index (χ3v) is 25.2. The van der Waals surface area contributed by atoms with E-state index in [1.807, 2.05) is 19.1 Å². The molecule has 0 amide bonds. The van der Waals surface area contributed by atoms with Crippen LogP contribution in [0.5, 0.6) is 11.5 Å². The lowest BCUT2D eigenvalue weighted by Crippen LogP contribution is -2.52. The minimum Gasteiger partial charge on any atom is -0.508 e. The number of aryl methyl sites for hydroxylation is 2. The molecule has 4 aromatic carbocycles. The molecule has 8 aliphatic rings. The van der Waals surface area contributed by atoms with E-state index in [1.54, 1.807) is 11.1 Å². The number of phenols is 1. The van der Waals surface area contributed by atoms with Crippen LogP contribution in [0.4, 0.5) is 0 Å². The van der Waals surface area contributed by atoms with Gasteiger partial charge in [0.2, 0.25) is 0 Å². The molecule has 0 spiro atoms. The molecule has 476 valence electrons. The summed E-state index contributed by atoms with van der Waals surface area (Å²) in [7, 11) is 1.54. The van der Waals surface area contributed by atoms with Crippen molar-refractivity contribution in [2.24, 2.45) is 39.9 Å². The molecule has 0 heterocycles. The maximum Gasteiger partial charge on any atom is 0.311 e. The lowest BCUT2D eigenvalue weighted by atomic mass is 9.49. The van der Waals surface area contributed by atoms with Gasteiger partial charge in [-0.05, 0) is 272 Å². The van der Waals surface area contributed by atoms with E-state index in [0.717, 1.165) is 101 Å². The Morgan fingerprint density at radius 1 is 0.529 bits per heavy atom. The molecular formula is C79H112O8. The first-order valence-corrected chi connectivity index (χ1v) is 34.2. The molecule has 8 heteroatoms. The van der Waals surface area contributed by atoms with Crippen molar-refractivity contribution in [1.29, 1.82) is 0 Å². The summed E-state index contributed by atoms with van der Waals surface area (Å²) in [5.74, 6) is 3.43. The number of ether oxygens (including phenoxy) is 2. The second-order valence-electron chi connectivity index (χ2n) is 31.9. The van der Waals surface area contributed by atoms with E-state index >= 15 is 0 Å². The Hall–Kier alpha value is -4.95. The van der Waals surface area contributed by atoms with Gasteiger partial charge in [0.05, 0.1) is 24.0 Å². The smallest absolute Gasteiger partial charge is 0.311 e. The first-order chi connectivity index (χ1) is 40.8. The number of hydrogen-bond acceptors (Lipinski definition) is 7. The zero-order valence-electron chi connectivity index (χ0n) is 56.9. The van der Waals surface area contributed by atoms with Crippen LogP contribution in [0.15, 0.2) is 60.7 Å². The van der Waals surface area contributed by atoms with Gasteiger partial charge in [0.1, 0.15) is 11.5 Å². The van der Waals surface area contributed by atoms with Crippen LogP contribution in [-0.2, 0) is 66.5 Å². The largest absolute Gasteiger partial charge is 0.508 e. The van der Waals surface area contributed by atoms with Gasteiger partial charge < -0.3 is 24.8 Å². The molecule has 4 aromatic rings. The van der Waals surface area contributed by atoms with Gasteiger partial charge in [-0.15, -0.1) is 0 Å². The van der Waals surface area contributed by atoms with Gasteiger partial charge in [-0.2, -0.15) is 0 Å². The number of phenolic OH excluding ortho intramolecular Hbond substituents is 1. The molecule has 0 aromatic heterocycles. The molecule has 0 bridgehead atoms. The average molecular weight is 1190 g/mol. The maximum absolute atomic E-state index is 12.6. The van der Waals surface area contributed by atoms with E-state index in [-0.39, 0.29) is 51.5 Å². The third kappa shape index (κ3) is 11.8. The van der Waals surface area contributed by atoms with E-state index in [1.165, 1.54) is 109 Å². The SMILES string of the molecule is CC(=O)Oc1ccc2c(c1C(C)C)CCC1C(C)(C)CCC[C@@]21C.CC(C)c1c(O)ccc2c1CCC1C(C)(C(=O)O)CCCC21C.COC(=O)[C@]1(C)CCC[C@@]2(C)c3ccc(C)c(C(C)C)c3CCC12.C[C@@]12CC[C@H](O)C[C@@H]1CCc1ccccc12. The van der Waals surface area contributed by atoms with Crippen molar-refractivity contribution in [2.75, 3.05) is 7.11 Å². The maximum atomic E-state index is 12.6. The quantitative estimate of drug-likeness (QED) is 0.129. The summed E-state index contributed by atoms with van der Waals surface area (Å²) in [6.07, 6.45) is 21.8. The fourth-order valence-corrected chi connectivity index (χ4v) is 21.0. The van der Waals surface area contributed by atoms with Crippen molar-refractivity contribution in [3.8, 4) is 11.5 Å². The van der Waals surface area contributed by atoms with Gasteiger partial charge in [0, 0.05) is 12.5 Å². The Morgan fingerprint density at radius 2 is 1.02 bits per heavy atom. The molecule has 4 saturated carbocycles. The highest BCUT2D eigenvalue weighted by Crippen LogP contribution is 2.62. The van der Waals surface area contributed by atoms with Gasteiger partial charge in [-0.3, -0.25) is 14.4 Å². The van der Waals surface area contributed by atoms with Crippen molar-refractivity contribution in [3.63, 3.8) is 0 Å². The van der Waals surface area contributed by atoms with Crippen LogP contribution in [0.25, 0.3) is 0 Å². The number of hydrogen-bond donors (Lipinski definition) is 3. The first kappa shape index (κ1) is 66.5. The molecule has 5 unspecified atom stereocenters. The molecule has 11 atom stereocenters. The van der Waals surface area contributed by atoms with Crippen molar-refractivity contribution < 1.29 is 39.2 Å². The van der Waals surface area contributed by atoms with Crippen molar-refractivity contribution in [2.45, 2.75) is 285 Å². The summed E-state index contributed by atoms with van der Waals surface area (Å²) >= 11 is 0. The van der Waals surface area contributed by atoms with E-state index in [9.17, 15) is 29.7 Å². The Kier molecular flexibility index (Phi) is 19.1. The van der Waals surface area contributed by atoms with Gasteiger partial charge in [0.15, 0.2) is 0 Å². The molecule has 3 N–H and O–H groups in total. The number of methoxy groups -OCH3 is 1. The molecule has 87 heavy (non-hydrogen) atoms. The van der Waals surface area contributed by atoms with E-state index < -0.39 is 11.4 Å².